The van der Waals surface area contributed by atoms with Crippen molar-refractivity contribution in [3.05, 3.63) is 65.4 Å². The molecular weight excluding hydrogens is 444 g/mol. The molecule has 0 aliphatic rings. The minimum Gasteiger partial charge on any atom is -0.336 e. The molecule has 0 fully saturated rings. The first-order chi connectivity index (χ1) is 16.5. The third kappa shape index (κ3) is 3.64. The van der Waals surface area contributed by atoms with Crippen LogP contribution in [0.15, 0.2) is 55.0 Å². The van der Waals surface area contributed by atoms with E-state index in [2.05, 4.69) is 55.2 Å². The van der Waals surface area contributed by atoms with Crippen molar-refractivity contribution in [1.29, 1.82) is 0 Å². The number of fused-ring (bicyclic) bond motifs is 2. The number of aromatic nitrogens is 7. The lowest BCUT2D eigenvalue weighted by Crippen LogP contribution is -2.10. The first kappa shape index (κ1) is 20.6. The maximum atomic E-state index is 4.94. The fraction of sp³-hybridized carbons (Fsp3) is 0.160. The summed E-state index contributed by atoms with van der Waals surface area (Å²) in [4.78, 5) is 26.7. The van der Waals surface area contributed by atoms with Crippen LogP contribution < -0.4 is 0 Å². The Morgan fingerprint density at radius 3 is 2.65 bits per heavy atom. The second-order valence-corrected chi connectivity index (χ2v) is 9.82. The van der Waals surface area contributed by atoms with E-state index in [-0.39, 0.29) is 0 Å². The van der Waals surface area contributed by atoms with Gasteiger partial charge in [0, 0.05) is 35.6 Å². The van der Waals surface area contributed by atoms with E-state index >= 15 is 0 Å². The van der Waals surface area contributed by atoms with Crippen molar-refractivity contribution in [3.63, 3.8) is 0 Å². The highest BCUT2D eigenvalue weighted by Crippen LogP contribution is 2.33. The lowest BCUT2D eigenvalue weighted by Gasteiger charge is -2.10. The molecule has 6 aromatic rings. The minimum atomic E-state index is 0.660. The van der Waals surface area contributed by atoms with Crippen LogP contribution in [-0.2, 0) is 6.54 Å². The molecule has 0 saturated carbocycles. The van der Waals surface area contributed by atoms with Gasteiger partial charge in [0.25, 0.3) is 0 Å². The topological polar surface area (TPSA) is 99.3 Å². The zero-order valence-electron chi connectivity index (χ0n) is 19.0. The fourth-order valence-corrected chi connectivity index (χ4v) is 4.96. The van der Waals surface area contributed by atoms with Crippen molar-refractivity contribution in [1.82, 2.24) is 40.0 Å². The molecule has 0 aliphatic carbocycles. The summed E-state index contributed by atoms with van der Waals surface area (Å²) in [6.07, 6.45) is 5.54. The molecule has 6 aromatic heterocycles. The Labute approximate surface area is 199 Å². The Morgan fingerprint density at radius 1 is 0.941 bits per heavy atom. The largest absolute Gasteiger partial charge is 0.336 e. The number of imidazole rings is 1. The van der Waals surface area contributed by atoms with Gasteiger partial charge in [-0.25, -0.2) is 9.97 Å². The zero-order chi connectivity index (χ0) is 23.2. The van der Waals surface area contributed by atoms with Crippen LogP contribution in [0.25, 0.3) is 55.4 Å². The van der Waals surface area contributed by atoms with Crippen LogP contribution in [0.3, 0.4) is 0 Å². The Bertz CT molecular complexity index is 1640. The van der Waals surface area contributed by atoms with Crippen LogP contribution in [0.4, 0.5) is 0 Å². The van der Waals surface area contributed by atoms with Gasteiger partial charge >= 0.3 is 0 Å². The summed E-state index contributed by atoms with van der Waals surface area (Å²) in [7, 11) is 4.09. The van der Waals surface area contributed by atoms with E-state index in [0.29, 0.717) is 11.5 Å². The van der Waals surface area contributed by atoms with Crippen LogP contribution in [0.5, 0.6) is 0 Å². The quantitative estimate of drug-likeness (QED) is 0.369. The molecule has 0 spiro atoms. The maximum absolute atomic E-state index is 4.94. The van der Waals surface area contributed by atoms with Gasteiger partial charge in [-0.15, -0.1) is 11.3 Å². The van der Waals surface area contributed by atoms with Crippen LogP contribution in [0.2, 0.25) is 0 Å². The highest BCUT2D eigenvalue weighted by Gasteiger charge is 2.18. The Kier molecular flexibility index (Phi) is 4.93. The van der Waals surface area contributed by atoms with Crippen molar-refractivity contribution >= 4 is 33.4 Å². The van der Waals surface area contributed by atoms with Gasteiger partial charge in [-0.1, -0.05) is 0 Å². The number of hydrogen-bond acceptors (Lipinski definition) is 7. The minimum absolute atomic E-state index is 0.660. The average Bonchev–Trinajstić information content (AvgIpc) is 3.55. The van der Waals surface area contributed by atoms with Crippen LogP contribution in [-0.4, -0.2) is 54.1 Å². The number of aromatic amines is 2. The van der Waals surface area contributed by atoms with E-state index < -0.39 is 0 Å². The number of nitrogens with one attached hydrogen (secondary N) is 2. The summed E-state index contributed by atoms with van der Waals surface area (Å²) >= 11 is 1.71. The van der Waals surface area contributed by atoms with Gasteiger partial charge in [0.1, 0.15) is 16.7 Å². The van der Waals surface area contributed by atoms with E-state index in [0.717, 1.165) is 56.0 Å². The fourth-order valence-electron chi connectivity index (χ4n) is 4.09. The molecule has 2 N–H and O–H groups in total. The summed E-state index contributed by atoms with van der Waals surface area (Å²) in [5, 5.41) is 7.63. The van der Waals surface area contributed by atoms with Gasteiger partial charge in [0.05, 0.1) is 21.6 Å². The van der Waals surface area contributed by atoms with E-state index in [1.807, 2.05) is 44.7 Å². The highest BCUT2D eigenvalue weighted by molar-refractivity contribution is 7.15. The summed E-state index contributed by atoms with van der Waals surface area (Å²) in [6, 6.07) is 12.2. The molecule has 0 aliphatic heterocycles. The molecule has 0 aromatic carbocycles. The molecule has 0 unspecified atom stereocenters. The molecule has 0 radical (unpaired) electrons. The molecule has 0 amide bonds. The van der Waals surface area contributed by atoms with Crippen molar-refractivity contribution < 1.29 is 0 Å². The summed E-state index contributed by atoms with van der Waals surface area (Å²) in [5.74, 6) is 0.660. The van der Waals surface area contributed by atoms with E-state index in [1.54, 1.807) is 17.5 Å². The SMILES string of the molecule is Cc1ccc(-c2nccc3[nH]c(-c4n[nH]c5ccc(-c6cncc(CN(C)C)c6)nc45)nc23)s1. The summed E-state index contributed by atoms with van der Waals surface area (Å²) in [5.41, 5.74) is 7.85. The number of hydrogen-bond donors (Lipinski definition) is 2. The molecular formula is C25H22N8S. The van der Waals surface area contributed by atoms with Crippen molar-refractivity contribution in [3.8, 4) is 33.3 Å². The average molecular weight is 467 g/mol. The highest BCUT2D eigenvalue weighted by atomic mass is 32.1. The van der Waals surface area contributed by atoms with Crippen LogP contribution in [0, 0.1) is 6.92 Å². The zero-order valence-corrected chi connectivity index (χ0v) is 19.8. The molecule has 9 heteroatoms. The van der Waals surface area contributed by atoms with E-state index in [1.165, 1.54) is 4.88 Å². The van der Waals surface area contributed by atoms with Gasteiger partial charge in [0.2, 0.25) is 0 Å². The van der Waals surface area contributed by atoms with Crippen LogP contribution >= 0.6 is 11.3 Å². The van der Waals surface area contributed by atoms with E-state index in [9.17, 15) is 0 Å². The third-order valence-electron chi connectivity index (χ3n) is 5.60. The molecule has 0 bridgehead atoms. The van der Waals surface area contributed by atoms with Gasteiger partial charge in [-0.3, -0.25) is 15.1 Å². The second-order valence-electron chi connectivity index (χ2n) is 8.54. The molecule has 168 valence electrons. The smallest absolute Gasteiger partial charge is 0.161 e. The van der Waals surface area contributed by atoms with Gasteiger partial charge < -0.3 is 9.88 Å². The van der Waals surface area contributed by atoms with Crippen molar-refractivity contribution in [2.24, 2.45) is 0 Å². The monoisotopic (exact) mass is 466 g/mol. The standard InChI is InChI=1S/C25H22N8S/c1-14-4-7-20(34-14)23-21-18(8-9-27-23)29-25(30-21)24-22-19(31-32-24)6-5-17(28-22)16-10-15(11-26-12-16)13-33(2)3/h4-12H,13H2,1-3H3,(H,29,30)(H,31,32). The first-order valence-electron chi connectivity index (χ1n) is 10.9. The molecule has 6 heterocycles. The predicted octanol–water partition coefficient (Wildman–Crippen LogP) is 5.06. The van der Waals surface area contributed by atoms with Crippen molar-refractivity contribution in [2.45, 2.75) is 13.5 Å². The molecule has 34 heavy (non-hydrogen) atoms. The number of thiophene rings is 1. The maximum Gasteiger partial charge on any atom is 0.161 e. The summed E-state index contributed by atoms with van der Waals surface area (Å²) in [6.45, 7) is 2.91. The van der Waals surface area contributed by atoms with Gasteiger partial charge in [-0.05, 0) is 63.0 Å². The van der Waals surface area contributed by atoms with Gasteiger partial charge in [0.15, 0.2) is 11.5 Å². The Morgan fingerprint density at radius 2 is 1.82 bits per heavy atom. The number of pyridine rings is 3. The normalized spacial score (nSPS) is 11.8. The lowest BCUT2D eigenvalue weighted by molar-refractivity contribution is 0.402. The number of H-pyrrole nitrogens is 2. The number of nitrogens with zero attached hydrogens (tertiary/aromatic N) is 6. The number of aryl methyl sites for hydroxylation is 1. The number of rotatable bonds is 5. The lowest BCUT2D eigenvalue weighted by atomic mass is 10.1. The van der Waals surface area contributed by atoms with Crippen LogP contribution in [0.1, 0.15) is 10.4 Å². The first-order valence-corrected chi connectivity index (χ1v) is 11.7. The molecule has 0 saturated heterocycles. The van der Waals surface area contributed by atoms with Crippen molar-refractivity contribution in [2.75, 3.05) is 14.1 Å². The second kappa shape index (κ2) is 8.12. The predicted molar refractivity (Wildman–Crippen MR) is 135 cm³/mol. The van der Waals surface area contributed by atoms with E-state index in [4.69, 9.17) is 9.97 Å². The molecule has 6 rings (SSSR count). The molecule has 0 atom stereocenters. The Balaban J connectivity index is 1.45. The molecule has 8 nitrogen and oxygen atoms in total. The third-order valence-corrected chi connectivity index (χ3v) is 6.60. The Hall–Kier alpha value is -3.95. The summed E-state index contributed by atoms with van der Waals surface area (Å²) < 4.78 is 0. The van der Waals surface area contributed by atoms with Gasteiger partial charge in [-0.2, -0.15) is 5.10 Å².